The summed E-state index contributed by atoms with van der Waals surface area (Å²) in [5.41, 5.74) is 12.6. The Bertz CT molecular complexity index is 2870. The summed E-state index contributed by atoms with van der Waals surface area (Å²) in [6.45, 7) is 10.7. The van der Waals surface area contributed by atoms with Crippen LogP contribution < -0.4 is 27.0 Å². The molecule has 0 unspecified atom stereocenters. The smallest absolute Gasteiger partial charge is 0.410 e. The summed E-state index contributed by atoms with van der Waals surface area (Å²) in [7, 11) is 6.28. The molecular formula is C60H75Cl2N7O11. The number of nitrogens with two attached hydrogens (primary N) is 1. The SMILES string of the molecule is CC(C)(C)OC(=O)N1CCC(=O)CC1.COC(=O)c1ccccc1N.COC(=O)c1ccccc1NC1CCN(C)CC1.COC(=O)c1ccccc1NC1CCNCC1.Cl.O=C(CCl)Nc1ccc2c(c1)-c1ccccc1C2=O. The number of ketones is 2. The lowest BCUT2D eigenvalue weighted by molar-refractivity contribution is -0.121. The van der Waals surface area contributed by atoms with Crippen LogP contribution in [0.1, 0.15) is 106 Å². The number of anilines is 4. The Labute approximate surface area is 480 Å². The van der Waals surface area contributed by atoms with Gasteiger partial charge >= 0.3 is 24.0 Å². The van der Waals surface area contributed by atoms with Crippen LogP contribution in [0, 0.1) is 0 Å². The first-order chi connectivity index (χ1) is 37.9. The number of hydrogen-bond acceptors (Lipinski definition) is 16. The van der Waals surface area contributed by atoms with Crippen LogP contribution in [0.5, 0.6) is 0 Å². The van der Waals surface area contributed by atoms with Crippen molar-refractivity contribution in [1.82, 2.24) is 15.1 Å². The molecule has 3 fully saturated rings. The van der Waals surface area contributed by atoms with Gasteiger partial charge in [0.15, 0.2) is 5.78 Å². The van der Waals surface area contributed by atoms with Gasteiger partial charge in [0.2, 0.25) is 5.91 Å². The highest BCUT2D eigenvalue weighted by Gasteiger charge is 2.28. The average Bonchev–Trinajstić information content (AvgIpc) is 3.79. The molecule has 3 heterocycles. The van der Waals surface area contributed by atoms with E-state index in [9.17, 15) is 33.6 Å². The van der Waals surface area contributed by atoms with E-state index < -0.39 is 11.6 Å². The maximum absolute atomic E-state index is 12.2. The number of hydrogen-bond donors (Lipinski definition) is 5. The third-order valence-corrected chi connectivity index (χ3v) is 13.2. The molecule has 4 aliphatic rings. The van der Waals surface area contributed by atoms with Gasteiger partial charge in [0.1, 0.15) is 17.3 Å². The predicted molar refractivity (Wildman–Crippen MR) is 315 cm³/mol. The Morgan fingerprint density at radius 3 is 1.60 bits per heavy atom. The molecule has 0 aromatic heterocycles. The number of nitrogens with one attached hydrogen (secondary N) is 4. The van der Waals surface area contributed by atoms with Crippen molar-refractivity contribution in [1.29, 1.82) is 0 Å². The van der Waals surface area contributed by atoms with Crippen molar-refractivity contribution in [3.8, 4) is 11.1 Å². The lowest BCUT2D eigenvalue weighted by Gasteiger charge is -2.30. The number of esters is 3. The third-order valence-electron chi connectivity index (χ3n) is 12.9. The largest absolute Gasteiger partial charge is 0.465 e. The summed E-state index contributed by atoms with van der Waals surface area (Å²) in [5.74, 6) is -1.08. The van der Waals surface area contributed by atoms with Crippen LogP contribution in [-0.4, -0.2) is 142 Å². The number of carbonyl (C=O) groups excluding carboxylic acids is 7. The zero-order chi connectivity index (χ0) is 57.5. The van der Waals surface area contributed by atoms with Crippen molar-refractivity contribution in [3.63, 3.8) is 0 Å². The van der Waals surface area contributed by atoms with E-state index in [-0.39, 0.29) is 53.8 Å². The van der Waals surface area contributed by atoms with E-state index in [1.807, 2.05) is 87.5 Å². The number of Topliss-reactive ketones (excluding diaryl/α,β-unsaturated/α-hetero) is 1. The number of nitrogen functional groups attached to an aromatic ring is 1. The van der Waals surface area contributed by atoms with Crippen LogP contribution in [0.4, 0.5) is 27.5 Å². The number of carbonyl (C=O) groups is 7. The van der Waals surface area contributed by atoms with Crippen molar-refractivity contribution in [3.05, 3.63) is 143 Å². The van der Waals surface area contributed by atoms with E-state index in [1.54, 1.807) is 53.4 Å². The summed E-state index contributed by atoms with van der Waals surface area (Å²) in [4.78, 5) is 84.0. The van der Waals surface area contributed by atoms with Gasteiger partial charge in [0, 0.05) is 71.9 Å². The molecule has 9 rings (SSSR count). The zero-order valence-corrected chi connectivity index (χ0v) is 48.1. The lowest BCUT2D eigenvalue weighted by Crippen LogP contribution is -2.41. The van der Waals surface area contributed by atoms with Gasteiger partial charge in [-0.15, -0.1) is 24.0 Å². The number of amides is 2. The van der Waals surface area contributed by atoms with Crippen LogP contribution >= 0.6 is 24.0 Å². The number of halogens is 2. The quantitative estimate of drug-likeness (QED) is 0.0392. The summed E-state index contributed by atoms with van der Waals surface area (Å²) in [5, 5.41) is 12.9. The molecule has 1 aliphatic carbocycles. The fourth-order valence-electron chi connectivity index (χ4n) is 8.71. The first-order valence-electron chi connectivity index (χ1n) is 26.2. The normalized spacial score (nSPS) is 14.7. The van der Waals surface area contributed by atoms with Crippen molar-refractivity contribution >= 4 is 88.2 Å². The van der Waals surface area contributed by atoms with Crippen molar-refractivity contribution in [2.24, 2.45) is 0 Å². The van der Waals surface area contributed by atoms with Gasteiger partial charge in [-0.05, 0) is 145 Å². The van der Waals surface area contributed by atoms with Crippen LogP contribution in [0.25, 0.3) is 11.1 Å². The highest BCUT2D eigenvalue weighted by atomic mass is 35.5. The molecule has 6 N–H and O–H groups in total. The molecule has 18 nitrogen and oxygen atoms in total. The van der Waals surface area contributed by atoms with Crippen LogP contribution in [0.2, 0.25) is 0 Å². The molecule has 0 radical (unpaired) electrons. The molecule has 3 saturated heterocycles. The van der Waals surface area contributed by atoms with Crippen LogP contribution in [0.3, 0.4) is 0 Å². The summed E-state index contributed by atoms with van der Waals surface area (Å²) < 4.78 is 19.3. The second-order valence-corrected chi connectivity index (χ2v) is 20.1. The van der Waals surface area contributed by atoms with Gasteiger partial charge in [0.25, 0.3) is 0 Å². The van der Waals surface area contributed by atoms with Gasteiger partial charge in [-0.3, -0.25) is 14.4 Å². The highest BCUT2D eigenvalue weighted by Crippen LogP contribution is 2.38. The minimum atomic E-state index is -0.460. The zero-order valence-electron chi connectivity index (χ0n) is 46.6. The van der Waals surface area contributed by atoms with Gasteiger partial charge in [0.05, 0.1) is 38.0 Å². The summed E-state index contributed by atoms with van der Waals surface area (Å²) in [6.07, 6.45) is 4.96. The van der Waals surface area contributed by atoms with Gasteiger partial charge in [-0.25, -0.2) is 19.2 Å². The second kappa shape index (κ2) is 32.5. The average molecular weight is 1140 g/mol. The van der Waals surface area contributed by atoms with E-state index in [4.69, 9.17) is 31.5 Å². The van der Waals surface area contributed by atoms with Gasteiger partial charge < -0.3 is 55.7 Å². The second-order valence-electron chi connectivity index (χ2n) is 19.9. The molecule has 0 atom stereocenters. The molecule has 0 saturated carbocycles. The number of rotatable bonds is 9. The van der Waals surface area contributed by atoms with Crippen molar-refractivity contribution < 1.29 is 52.5 Å². The minimum Gasteiger partial charge on any atom is -0.465 e. The molecule has 3 aliphatic heterocycles. The Morgan fingerprint density at radius 1 is 0.625 bits per heavy atom. The molecule has 5 aromatic rings. The van der Waals surface area contributed by atoms with E-state index in [0.29, 0.717) is 77.2 Å². The molecule has 2 amide bonds. The summed E-state index contributed by atoms with van der Waals surface area (Å²) >= 11 is 5.46. The fourth-order valence-corrected chi connectivity index (χ4v) is 8.78. The number of nitrogens with zero attached hydrogens (tertiary/aromatic N) is 2. The highest BCUT2D eigenvalue weighted by molar-refractivity contribution is 6.29. The molecule has 20 heteroatoms. The molecule has 0 bridgehead atoms. The standard InChI is InChI=1S/C15H10ClNO2.C14H20N2O2.C13H18N2O2.C10H17NO3.C8H9NO2.ClH/c16-8-14(18)17-9-5-6-12-13(7-9)10-3-1-2-4-11(10)15(12)19;1-16-9-7-11(8-10-16)15-13-6-4-3-5-12(13)14(17)18-2;1-17-13(16)11-4-2-3-5-12(11)15-10-6-8-14-9-7-10;1-10(2,3)14-9(13)11-6-4-8(12)5-7-11;1-11-8(10)6-4-2-3-5-7(6)9;/h1-7H,8H2,(H,17,18);3-6,11,15H,7-10H2,1-2H3;2-5,10,14-15H,6-9H2,1H3;4-7H2,1-3H3;2-5H,9H2,1H3;1H. The van der Waals surface area contributed by atoms with Crippen molar-refractivity contribution in [2.45, 2.75) is 77.0 Å². The maximum atomic E-state index is 12.2. The number of ether oxygens (including phenoxy) is 4. The molecule has 430 valence electrons. The first-order valence-corrected chi connectivity index (χ1v) is 26.7. The minimum absolute atomic E-state index is 0. The Kier molecular flexibility index (Phi) is 26.4. The van der Waals surface area contributed by atoms with E-state index in [1.165, 1.54) is 21.3 Å². The van der Waals surface area contributed by atoms with Gasteiger partial charge in [-0.2, -0.15) is 0 Å². The number of methoxy groups -OCH3 is 3. The van der Waals surface area contributed by atoms with E-state index in [0.717, 1.165) is 74.4 Å². The molecule has 0 spiro atoms. The maximum Gasteiger partial charge on any atom is 0.410 e. The molecule has 80 heavy (non-hydrogen) atoms. The lowest BCUT2D eigenvalue weighted by atomic mass is 10.0. The number of benzene rings is 5. The van der Waals surface area contributed by atoms with Crippen molar-refractivity contribution in [2.75, 3.05) is 95.2 Å². The Morgan fingerprint density at radius 2 is 1.09 bits per heavy atom. The van der Waals surface area contributed by atoms with Gasteiger partial charge in [-0.1, -0.05) is 60.7 Å². The number of fused-ring (bicyclic) bond motifs is 3. The fraction of sp³-hybridized carbons (Fsp3) is 0.383. The number of piperidine rings is 3. The van der Waals surface area contributed by atoms with E-state index >= 15 is 0 Å². The monoisotopic (exact) mass is 1140 g/mol. The Hall–Kier alpha value is -7.51. The Balaban J connectivity index is 0.000000217. The van der Waals surface area contributed by atoms with E-state index in [2.05, 4.69) is 38.0 Å². The molecular weight excluding hydrogens is 1070 g/mol. The third kappa shape index (κ3) is 20.0. The van der Waals surface area contributed by atoms with Crippen LogP contribution in [-0.2, 0) is 28.5 Å². The number of alkyl halides is 1. The predicted octanol–water partition coefficient (Wildman–Crippen LogP) is 9.76. The van der Waals surface area contributed by atoms with Crippen LogP contribution in [0.15, 0.2) is 115 Å². The topological polar surface area (TPSA) is 237 Å². The number of para-hydroxylation sites is 3. The first kappa shape index (κ1) is 65.0. The summed E-state index contributed by atoms with van der Waals surface area (Å²) in [6, 6.07) is 35.4. The number of likely N-dealkylation sites (tertiary alicyclic amines) is 2. The molecule has 5 aromatic carbocycles.